The Morgan fingerprint density at radius 2 is 1.67 bits per heavy atom. The molecule has 2 aromatic carbocycles. The number of hydrogen-bond donors (Lipinski definition) is 1. The van der Waals surface area contributed by atoms with Crippen molar-refractivity contribution in [3.8, 4) is 0 Å². The number of benzene rings is 2. The van der Waals surface area contributed by atoms with Gasteiger partial charge in [-0.1, -0.05) is 66.4 Å². The van der Waals surface area contributed by atoms with Gasteiger partial charge in [0, 0.05) is 12.3 Å². The molecule has 1 heterocycles. The number of rotatable bonds is 5. The predicted octanol–water partition coefficient (Wildman–Crippen LogP) is 3.66. The second-order valence-corrected chi connectivity index (χ2v) is 6.12. The molecule has 0 saturated carbocycles. The minimum absolute atomic E-state index is 0.915. The number of thioether (sulfide) groups is 1. The molecule has 108 valence electrons. The van der Waals surface area contributed by atoms with Crippen LogP contribution in [-0.4, -0.2) is 18.3 Å². The van der Waals surface area contributed by atoms with Crippen LogP contribution in [0.4, 0.5) is 0 Å². The highest BCUT2D eigenvalue weighted by atomic mass is 32.2. The lowest BCUT2D eigenvalue weighted by molar-refractivity contribution is 0.947. The third-order valence-electron chi connectivity index (χ3n) is 3.65. The van der Waals surface area contributed by atoms with Crippen molar-refractivity contribution in [1.82, 2.24) is 5.32 Å². The van der Waals surface area contributed by atoms with E-state index in [9.17, 15) is 0 Å². The van der Waals surface area contributed by atoms with Crippen molar-refractivity contribution < 1.29 is 0 Å². The summed E-state index contributed by atoms with van der Waals surface area (Å²) in [7, 11) is 0. The summed E-state index contributed by atoms with van der Waals surface area (Å²) in [5.74, 6) is 0.997. The molecule has 0 amide bonds. The Morgan fingerprint density at radius 1 is 0.905 bits per heavy atom. The third-order valence-corrected chi connectivity index (χ3v) is 4.65. The first-order valence-electron chi connectivity index (χ1n) is 7.43. The smallest absolute Gasteiger partial charge is 0.157 e. The van der Waals surface area contributed by atoms with Crippen molar-refractivity contribution >= 4 is 16.9 Å². The van der Waals surface area contributed by atoms with E-state index in [0.717, 1.165) is 36.9 Å². The van der Waals surface area contributed by atoms with Gasteiger partial charge in [0.05, 0.1) is 6.54 Å². The number of nitrogens with zero attached hydrogens (tertiary/aromatic N) is 1. The highest BCUT2D eigenvalue weighted by molar-refractivity contribution is 8.13. The Kier molecular flexibility index (Phi) is 4.95. The van der Waals surface area contributed by atoms with Crippen molar-refractivity contribution in [2.45, 2.75) is 18.6 Å². The summed E-state index contributed by atoms with van der Waals surface area (Å²) >= 11 is 1.81. The molecule has 2 nitrogen and oxygen atoms in total. The van der Waals surface area contributed by atoms with Crippen molar-refractivity contribution in [2.75, 3.05) is 13.1 Å². The third kappa shape index (κ3) is 4.11. The molecule has 0 aliphatic carbocycles. The van der Waals surface area contributed by atoms with Crippen LogP contribution in [0, 0.1) is 0 Å². The van der Waals surface area contributed by atoms with Crippen LogP contribution in [0.15, 0.2) is 59.6 Å². The number of hydrogen-bond acceptors (Lipinski definition) is 3. The summed E-state index contributed by atoms with van der Waals surface area (Å²) in [6, 6.07) is 19.5. The maximum absolute atomic E-state index is 4.44. The van der Waals surface area contributed by atoms with Gasteiger partial charge in [-0.2, -0.15) is 0 Å². The van der Waals surface area contributed by atoms with Gasteiger partial charge < -0.3 is 5.32 Å². The average Bonchev–Trinajstić information content (AvgIpc) is 3.06. The van der Waals surface area contributed by atoms with E-state index in [1.54, 1.807) is 0 Å². The summed E-state index contributed by atoms with van der Waals surface area (Å²) in [4.78, 5) is 4.44. The standard InChI is InChI=1S/C18H20N2S/c1-2-6-15(7-3-1)10-11-16-8-4-5-9-17(16)14-21-18-19-12-13-20-18/h1-9H,10-14H2,(H,19,20). The monoisotopic (exact) mass is 296 g/mol. The molecule has 21 heavy (non-hydrogen) atoms. The molecular formula is C18H20N2S. The van der Waals surface area contributed by atoms with Gasteiger partial charge in [0.1, 0.15) is 0 Å². The van der Waals surface area contributed by atoms with E-state index in [1.165, 1.54) is 16.7 Å². The lowest BCUT2D eigenvalue weighted by atomic mass is 10.0. The van der Waals surface area contributed by atoms with Gasteiger partial charge >= 0.3 is 0 Å². The fourth-order valence-electron chi connectivity index (χ4n) is 2.48. The molecule has 0 bridgehead atoms. The zero-order chi connectivity index (χ0) is 14.3. The molecule has 0 unspecified atom stereocenters. The van der Waals surface area contributed by atoms with Crippen LogP contribution in [0.2, 0.25) is 0 Å². The number of nitrogens with one attached hydrogen (secondary N) is 1. The molecule has 0 radical (unpaired) electrons. The first-order chi connectivity index (χ1) is 10.4. The van der Waals surface area contributed by atoms with Crippen LogP contribution in [0.5, 0.6) is 0 Å². The van der Waals surface area contributed by atoms with E-state index in [4.69, 9.17) is 0 Å². The van der Waals surface area contributed by atoms with Crippen LogP contribution < -0.4 is 5.32 Å². The van der Waals surface area contributed by atoms with Gasteiger partial charge in [0.2, 0.25) is 0 Å². The van der Waals surface area contributed by atoms with Gasteiger partial charge in [-0.05, 0) is 29.5 Å². The van der Waals surface area contributed by atoms with Gasteiger partial charge in [-0.25, -0.2) is 0 Å². The zero-order valence-electron chi connectivity index (χ0n) is 12.1. The molecule has 1 N–H and O–H groups in total. The molecule has 0 atom stereocenters. The zero-order valence-corrected chi connectivity index (χ0v) is 12.9. The van der Waals surface area contributed by atoms with E-state index < -0.39 is 0 Å². The van der Waals surface area contributed by atoms with E-state index >= 15 is 0 Å². The summed E-state index contributed by atoms with van der Waals surface area (Å²) in [6.07, 6.45) is 2.20. The molecule has 0 fully saturated rings. The van der Waals surface area contributed by atoms with Crippen LogP contribution in [0.25, 0.3) is 0 Å². The Balaban J connectivity index is 1.62. The minimum atomic E-state index is 0.915. The second-order valence-electron chi connectivity index (χ2n) is 5.16. The van der Waals surface area contributed by atoms with Crippen LogP contribution in [-0.2, 0) is 18.6 Å². The SMILES string of the molecule is c1ccc(CCc2ccccc2CSC2=NCCN2)cc1. The summed E-state index contributed by atoms with van der Waals surface area (Å²) in [5, 5.41) is 4.41. The van der Waals surface area contributed by atoms with Crippen molar-refractivity contribution in [3.05, 3.63) is 71.3 Å². The van der Waals surface area contributed by atoms with E-state index in [2.05, 4.69) is 64.9 Å². The van der Waals surface area contributed by atoms with E-state index in [-0.39, 0.29) is 0 Å². The van der Waals surface area contributed by atoms with Crippen molar-refractivity contribution in [3.63, 3.8) is 0 Å². The lowest BCUT2D eigenvalue weighted by Crippen LogP contribution is -2.15. The Labute approximate surface area is 130 Å². The van der Waals surface area contributed by atoms with E-state index in [0.29, 0.717) is 0 Å². The molecular weight excluding hydrogens is 276 g/mol. The van der Waals surface area contributed by atoms with Crippen LogP contribution >= 0.6 is 11.8 Å². The fraction of sp³-hybridized carbons (Fsp3) is 0.278. The normalized spacial score (nSPS) is 13.8. The average molecular weight is 296 g/mol. The van der Waals surface area contributed by atoms with Crippen molar-refractivity contribution in [1.29, 1.82) is 0 Å². The Morgan fingerprint density at radius 3 is 2.43 bits per heavy atom. The predicted molar refractivity (Wildman–Crippen MR) is 91.9 cm³/mol. The summed E-state index contributed by atoms with van der Waals surface area (Å²) < 4.78 is 0. The molecule has 3 heteroatoms. The highest BCUT2D eigenvalue weighted by Crippen LogP contribution is 2.19. The van der Waals surface area contributed by atoms with Crippen LogP contribution in [0.1, 0.15) is 16.7 Å². The molecule has 1 aliphatic heterocycles. The van der Waals surface area contributed by atoms with Gasteiger partial charge in [0.25, 0.3) is 0 Å². The highest BCUT2D eigenvalue weighted by Gasteiger charge is 2.08. The molecule has 0 spiro atoms. The Hall–Kier alpha value is -1.74. The molecule has 3 rings (SSSR count). The molecule has 0 aromatic heterocycles. The number of aliphatic imine (C=N–C) groups is 1. The van der Waals surface area contributed by atoms with Crippen LogP contribution in [0.3, 0.4) is 0 Å². The minimum Gasteiger partial charge on any atom is -0.363 e. The topological polar surface area (TPSA) is 24.4 Å². The van der Waals surface area contributed by atoms with Gasteiger partial charge in [-0.3, -0.25) is 4.99 Å². The maximum atomic E-state index is 4.44. The van der Waals surface area contributed by atoms with Gasteiger partial charge in [0.15, 0.2) is 5.17 Å². The first kappa shape index (κ1) is 14.2. The molecule has 1 aliphatic rings. The van der Waals surface area contributed by atoms with E-state index in [1.807, 2.05) is 11.8 Å². The first-order valence-corrected chi connectivity index (χ1v) is 8.42. The fourth-order valence-corrected chi connectivity index (χ4v) is 3.45. The van der Waals surface area contributed by atoms with Gasteiger partial charge in [-0.15, -0.1) is 0 Å². The number of aryl methyl sites for hydroxylation is 2. The number of amidine groups is 1. The Bertz CT molecular complexity index is 608. The second kappa shape index (κ2) is 7.32. The molecule has 2 aromatic rings. The molecule has 0 saturated heterocycles. The lowest BCUT2D eigenvalue weighted by Gasteiger charge is -2.09. The quantitative estimate of drug-likeness (QED) is 0.910. The largest absolute Gasteiger partial charge is 0.363 e. The van der Waals surface area contributed by atoms with Crippen molar-refractivity contribution in [2.24, 2.45) is 4.99 Å². The maximum Gasteiger partial charge on any atom is 0.157 e. The summed E-state index contributed by atoms with van der Waals surface area (Å²) in [5.41, 5.74) is 4.28. The summed E-state index contributed by atoms with van der Waals surface area (Å²) in [6.45, 7) is 1.90.